The van der Waals surface area contributed by atoms with E-state index >= 15 is 0 Å². The molecule has 0 radical (unpaired) electrons. The molecule has 1 aromatic heterocycles. The van der Waals surface area contributed by atoms with Gasteiger partial charge in [-0.05, 0) is 37.3 Å². The molecule has 1 aromatic carbocycles. The second-order valence-corrected chi connectivity index (χ2v) is 5.94. The van der Waals surface area contributed by atoms with E-state index < -0.39 is 11.8 Å². The average Bonchev–Trinajstić information content (AvgIpc) is 2.85. The number of halogens is 2. The number of thiophene rings is 1. The number of hydrogen-bond acceptors (Lipinski definition) is 4. The smallest absolute Gasteiger partial charge is 0.339 e. The van der Waals surface area contributed by atoms with E-state index in [1.54, 1.807) is 6.07 Å². The molecule has 1 atom stereocenters. The van der Waals surface area contributed by atoms with Gasteiger partial charge in [0.05, 0.1) is 28.7 Å². The van der Waals surface area contributed by atoms with Gasteiger partial charge in [0.25, 0.3) is 0 Å². The number of methoxy groups -OCH3 is 1. The first-order chi connectivity index (χ1) is 9.51. The van der Waals surface area contributed by atoms with Gasteiger partial charge in [-0.2, -0.15) is 0 Å². The number of carbonyl (C=O) groups excluding carboxylic acids is 1. The monoisotopic (exact) mass is 313 g/mol. The van der Waals surface area contributed by atoms with E-state index in [2.05, 4.69) is 10.1 Å². The van der Waals surface area contributed by atoms with Gasteiger partial charge >= 0.3 is 5.97 Å². The highest BCUT2D eigenvalue weighted by Gasteiger charge is 2.16. The summed E-state index contributed by atoms with van der Waals surface area (Å²) in [5, 5.41) is 3.11. The highest BCUT2D eigenvalue weighted by atomic mass is 35.5. The zero-order chi connectivity index (χ0) is 14.7. The van der Waals surface area contributed by atoms with Crippen molar-refractivity contribution in [2.24, 2.45) is 0 Å². The number of ether oxygens (including phenoxy) is 1. The summed E-state index contributed by atoms with van der Waals surface area (Å²) in [4.78, 5) is 12.7. The van der Waals surface area contributed by atoms with Gasteiger partial charge in [0, 0.05) is 4.88 Å². The van der Waals surface area contributed by atoms with Gasteiger partial charge in [0.15, 0.2) is 0 Å². The van der Waals surface area contributed by atoms with Crippen molar-refractivity contribution in [3.63, 3.8) is 0 Å². The number of anilines is 1. The molecular formula is C14H13ClFNO2S. The molecule has 1 N–H and O–H groups in total. The molecule has 0 aliphatic carbocycles. The second kappa shape index (κ2) is 6.24. The molecular weight excluding hydrogens is 301 g/mol. The Morgan fingerprint density at radius 3 is 2.75 bits per heavy atom. The van der Waals surface area contributed by atoms with Crippen molar-refractivity contribution in [3.8, 4) is 0 Å². The van der Waals surface area contributed by atoms with Crippen LogP contribution in [0.5, 0.6) is 0 Å². The van der Waals surface area contributed by atoms with Crippen LogP contribution >= 0.6 is 22.9 Å². The van der Waals surface area contributed by atoms with E-state index in [1.165, 1.54) is 36.6 Å². The molecule has 106 valence electrons. The molecule has 2 aromatic rings. The fourth-order valence-corrected chi connectivity index (χ4v) is 2.85. The molecule has 0 aliphatic heterocycles. The Morgan fingerprint density at radius 1 is 1.40 bits per heavy atom. The van der Waals surface area contributed by atoms with Crippen LogP contribution in [0.15, 0.2) is 30.3 Å². The lowest BCUT2D eigenvalue weighted by Gasteiger charge is -2.16. The minimum Gasteiger partial charge on any atom is -0.465 e. The van der Waals surface area contributed by atoms with Gasteiger partial charge in [-0.25, -0.2) is 9.18 Å². The molecule has 0 aliphatic rings. The van der Waals surface area contributed by atoms with Crippen LogP contribution in [0.3, 0.4) is 0 Å². The third kappa shape index (κ3) is 3.29. The highest BCUT2D eigenvalue weighted by Crippen LogP contribution is 2.30. The summed E-state index contributed by atoms with van der Waals surface area (Å²) in [6, 6.07) is 7.49. The summed E-state index contributed by atoms with van der Waals surface area (Å²) >= 11 is 7.33. The van der Waals surface area contributed by atoms with Crippen LogP contribution in [0.2, 0.25) is 4.34 Å². The Morgan fingerprint density at radius 2 is 2.15 bits per heavy atom. The number of carbonyl (C=O) groups is 1. The zero-order valence-corrected chi connectivity index (χ0v) is 12.5. The van der Waals surface area contributed by atoms with E-state index in [1.807, 2.05) is 13.0 Å². The van der Waals surface area contributed by atoms with E-state index in [9.17, 15) is 9.18 Å². The first-order valence-electron chi connectivity index (χ1n) is 5.91. The molecule has 1 unspecified atom stereocenters. The molecule has 20 heavy (non-hydrogen) atoms. The lowest BCUT2D eigenvalue weighted by Crippen LogP contribution is -2.11. The molecule has 0 fully saturated rings. The Kier molecular flexibility index (Phi) is 4.62. The topological polar surface area (TPSA) is 38.3 Å². The molecule has 6 heteroatoms. The van der Waals surface area contributed by atoms with E-state index in [-0.39, 0.29) is 6.04 Å². The van der Waals surface area contributed by atoms with Crippen molar-refractivity contribution in [1.29, 1.82) is 0 Å². The first kappa shape index (κ1) is 14.8. The summed E-state index contributed by atoms with van der Waals surface area (Å²) in [6.07, 6.45) is 0. The Hall–Kier alpha value is -1.59. The maximum absolute atomic E-state index is 13.4. The van der Waals surface area contributed by atoms with E-state index in [0.717, 1.165) is 4.88 Å². The van der Waals surface area contributed by atoms with Gasteiger partial charge in [-0.1, -0.05) is 11.6 Å². The first-order valence-corrected chi connectivity index (χ1v) is 7.10. The van der Waals surface area contributed by atoms with Crippen LogP contribution in [-0.2, 0) is 4.74 Å². The zero-order valence-electron chi connectivity index (χ0n) is 10.9. The summed E-state index contributed by atoms with van der Waals surface area (Å²) in [7, 11) is 1.29. The minimum absolute atomic E-state index is 0.0993. The largest absolute Gasteiger partial charge is 0.465 e. The van der Waals surface area contributed by atoms with Crippen molar-refractivity contribution in [3.05, 3.63) is 50.9 Å². The van der Waals surface area contributed by atoms with Crippen LogP contribution in [0.4, 0.5) is 10.1 Å². The number of esters is 1. The van der Waals surface area contributed by atoms with Gasteiger partial charge in [-0.15, -0.1) is 11.3 Å². The van der Waals surface area contributed by atoms with Crippen LogP contribution in [0.1, 0.15) is 28.2 Å². The quantitative estimate of drug-likeness (QED) is 0.845. The molecule has 3 nitrogen and oxygen atoms in total. The van der Waals surface area contributed by atoms with E-state index in [4.69, 9.17) is 11.6 Å². The lowest BCUT2D eigenvalue weighted by atomic mass is 10.1. The molecule has 0 saturated heterocycles. The van der Waals surface area contributed by atoms with Gasteiger partial charge < -0.3 is 10.1 Å². The van der Waals surface area contributed by atoms with Crippen molar-refractivity contribution in [2.45, 2.75) is 13.0 Å². The predicted molar refractivity (Wildman–Crippen MR) is 79.1 cm³/mol. The van der Waals surface area contributed by atoms with Crippen molar-refractivity contribution in [1.82, 2.24) is 0 Å². The fraction of sp³-hybridized carbons (Fsp3) is 0.214. The SMILES string of the molecule is COC(=O)c1ccc(F)cc1NC(C)c1ccc(Cl)s1. The number of rotatable bonds is 4. The Labute approximate surface area is 125 Å². The third-order valence-corrected chi connectivity index (χ3v) is 4.19. The molecule has 0 spiro atoms. The Balaban J connectivity index is 2.28. The standard InChI is InChI=1S/C14H13ClFNO2S/c1-8(12-5-6-13(15)20-12)17-11-7-9(16)3-4-10(11)14(18)19-2/h3-8,17H,1-2H3. The Bertz CT molecular complexity index is 629. The lowest BCUT2D eigenvalue weighted by molar-refractivity contribution is 0.0601. The van der Waals surface area contributed by atoms with Gasteiger partial charge in [0.2, 0.25) is 0 Å². The van der Waals surface area contributed by atoms with Gasteiger partial charge in [0.1, 0.15) is 5.82 Å². The van der Waals surface area contributed by atoms with Crippen LogP contribution in [0.25, 0.3) is 0 Å². The number of benzene rings is 1. The van der Waals surface area contributed by atoms with Crippen LogP contribution < -0.4 is 5.32 Å². The molecule has 0 amide bonds. The third-order valence-electron chi connectivity index (χ3n) is 2.78. The molecule has 0 saturated carbocycles. The van der Waals surface area contributed by atoms with E-state index in [0.29, 0.717) is 15.6 Å². The second-order valence-electron chi connectivity index (χ2n) is 4.19. The highest BCUT2D eigenvalue weighted by molar-refractivity contribution is 7.16. The van der Waals surface area contributed by atoms with Crippen molar-refractivity contribution in [2.75, 3.05) is 12.4 Å². The summed E-state index contributed by atoms with van der Waals surface area (Å²) in [5.74, 6) is -0.930. The number of hydrogen-bond donors (Lipinski definition) is 1. The van der Waals surface area contributed by atoms with Crippen LogP contribution in [-0.4, -0.2) is 13.1 Å². The van der Waals surface area contributed by atoms with Crippen molar-refractivity contribution >= 4 is 34.6 Å². The molecule has 1 heterocycles. The average molecular weight is 314 g/mol. The summed E-state index contributed by atoms with van der Waals surface area (Å²) in [5.41, 5.74) is 0.692. The minimum atomic E-state index is -0.510. The van der Waals surface area contributed by atoms with Crippen LogP contribution in [0, 0.1) is 5.82 Å². The molecule has 2 rings (SSSR count). The fourth-order valence-electron chi connectivity index (χ4n) is 1.79. The normalized spacial score (nSPS) is 12.0. The van der Waals surface area contributed by atoms with Gasteiger partial charge in [-0.3, -0.25) is 0 Å². The molecule has 0 bridgehead atoms. The predicted octanol–water partition coefficient (Wildman–Crippen LogP) is 4.50. The summed E-state index contributed by atoms with van der Waals surface area (Å²) in [6.45, 7) is 1.91. The maximum Gasteiger partial charge on any atom is 0.339 e. The maximum atomic E-state index is 13.4. The number of nitrogens with one attached hydrogen (secondary N) is 1. The van der Waals surface area contributed by atoms with Crippen molar-refractivity contribution < 1.29 is 13.9 Å². The summed E-state index contributed by atoms with van der Waals surface area (Å²) < 4.78 is 18.7.